The molecule has 1 aromatic heterocycles. The smallest absolute Gasteiger partial charge is 0.284 e. The van der Waals surface area contributed by atoms with Gasteiger partial charge in [-0.25, -0.2) is 0 Å². The molecule has 10 heteroatoms. The summed E-state index contributed by atoms with van der Waals surface area (Å²) < 4.78 is 43.6. The van der Waals surface area contributed by atoms with Crippen molar-refractivity contribution in [2.45, 2.75) is 4.90 Å². The van der Waals surface area contributed by atoms with Crippen LogP contribution in [0.5, 0.6) is 17.2 Å². The third kappa shape index (κ3) is 4.91. The Bertz CT molecular complexity index is 1380. The topological polar surface area (TPSA) is 104 Å². The second kappa shape index (κ2) is 9.75. The van der Waals surface area contributed by atoms with Crippen LogP contribution in [0.2, 0.25) is 0 Å². The maximum absolute atomic E-state index is 13.5. The van der Waals surface area contributed by atoms with E-state index in [9.17, 15) is 8.42 Å². The number of anilines is 4. The average molecular weight is 481 g/mol. The normalized spacial score (nSPS) is 11.0. The molecule has 0 saturated carbocycles. The van der Waals surface area contributed by atoms with Gasteiger partial charge in [0.25, 0.3) is 10.0 Å². The van der Waals surface area contributed by atoms with Gasteiger partial charge in [-0.2, -0.15) is 8.42 Å². The summed E-state index contributed by atoms with van der Waals surface area (Å²) in [4.78, 5) is 0.0676. The lowest BCUT2D eigenvalue weighted by Gasteiger charge is -2.11. The van der Waals surface area contributed by atoms with Crippen molar-refractivity contribution in [3.63, 3.8) is 0 Å². The van der Waals surface area contributed by atoms with Crippen molar-refractivity contribution in [2.75, 3.05) is 32.0 Å². The Morgan fingerprint density at radius 3 is 1.82 bits per heavy atom. The quantitative estimate of drug-likeness (QED) is 0.357. The van der Waals surface area contributed by atoms with E-state index in [0.717, 1.165) is 4.09 Å². The van der Waals surface area contributed by atoms with Crippen molar-refractivity contribution in [3.8, 4) is 17.2 Å². The summed E-state index contributed by atoms with van der Waals surface area (Å²) >= 11 is 0. The van der Waals surface area contributed by atoms with E-state index >= 15 is 0 Å². The number of aromatic nitrogens is 2. The summed E-state index contributed by atoms with van der Waals surface area (Å²) in [5.41, 5.74) is 1.33. The van der Waals surface area contributed by atoms with Crippen molar-refractivity contribution in [1.82, 2.24) is 9.19 Å². The van der Waals surface area contributed by atoms with Crippen LogP contribution in [0.15, 0.2) is 83.8 Å². The number of ether oxygens (including phenoxy) is 3. The number of benzene rings is 3. The first-order valence-corrected chi connectivity index (χ1v) is 11.7. The van der Waals surface area contributed by atoms with Crippen LogP contribution in [0.1, 0.15) is 0 Å². The maximum atomic E-state index is 13.5. The number of methoxy groups -OCH3 is 3. The predicted octanol–water partition coefficient (Wildman–Crippen LogP) is 4.63. The van der Waals surface area contributed by atoms with Crippen molar-refractivity contribution in [2.24, 2.45) is 0 Å². The average Bonchev–Trinajstić information content (AvgIpc) is 3.27. The monoisotopic (exact) mass is 480 g/mol. The Morgan fingerprint density at radius 1 is 0.706 bits per heavy atom. The van der Waals surface area contributed by atoms with Gasteiger partial charge < -0.3 is 24.8 Å². The van der Waals surface area contributed by atoms with Crippen LogP contribution >= 0.6 is 0 Å². The molecule has 1 heterocycles. The van der Waals surface area contributed by atoms with E-state index in [0.29, 0.717) is 34.4 Å². The molecule has 0 unspecified atom stereocenters. The first-order chi connectivity index (χ1) is 16.4. The molecule has 0 aliphatic heterocycles. The zero-order valence-corrected chi connectivity index (χ0v) is 19.7. The van der Waals surface area contributed by atoms with Crippen LogP contribution in [-0.4, -0.2) is 38.9 Å². The SMILES string of the molecule is COc1ccc(S(=O)(=O)n2nc(Nc3cccc(OC)c3)cc2Nc2cccc(OC)c2)cc1. The highest BCUT2D eigenvalue weighted by atomic mass is 32.2. The molecule has 9 nitrogen and oxygen atoms in total. The summed E-state index contributed by atoms with van der Waals surface area (Å²) in [5, 5.41) is 10.6. The molecule has 0 radical (unpaired) electrons. The van der Waals surface area contributed by atoms with E-state index in [-0.39, 0.29) is 10.7 Å². The van der Waals surface area contributed by atoms with E-state index in [1.165, 1.54) is 19.2 Å². The van der Waals surface area contributed by atoms with Crippen molar-refractivity contribution in [1.29, 1.82) is 0 Å². The zero-order chi connectivity index (χ0) is 24.1. The van der Waals surface area contributed by atoms with Crippen molar-refractivity contribution in [3.05, 3.63) is 78.9 Å². The number of nitrogens with zero attached hydrogens (tertiary/aromatic N) is 2. The van der Waals surface area contributed by atoms with E-state index in [4.69, 9.17) is 14.2 Å². The largest absolute Gasteiger partial charge is 0.497 e. The van der Waals surface area contributed by atoms with Crippen LogP contribution in [0, 0.1) is 0 Å². The van der Waals surface area contributed by atoms with Crippen molar-refractivity contribution < 1.29 is 22.6 Å². The molecule has 0 aliphatic carbocycles. The molecule has 34 heavy (non-hydrogen) atoms. The first-order valence-electron chi connectivity index (χ1n) is 10.2. The fourth-order valence-corrected chi connectivity index (χ4v) is 4.47. The van der Waals surface area contributed by atoms with E-state index in [1.807, 2.05) is 18.2 Å². The fourth-order valence-electron chi connectivity index (χ4n) is 3.24. The Hall–Kier alpha value is -4.18. The predicted molar refractivity (Wildman–Crippen MR) is 130 cm³/mol. The highest BCUT2D eigenvalue weighted by Gasteiger charge is 2.23. The van der Waals surface area contributed by atoms with E-state index in [2.05, 4.69) is 15.7 Å². The number of hydrogen-bond acceptors (Lipinski definition) is 8. The van der Waals surface area contributed by atoms with Gasteiger partial charge in [-0.05, 0) is 48.5 Å². The molecule has 0 atom stereocenters. The Balaban J connectivity index is 1.75. The lowest BCUT2D eigenvalue weighted by Crippen LogP contribution is -2.17. The Morgan fingerprint density at radius 2 is 1.26 bits per heavy atom. The standard InChI is InChI=1S/C24H24N4O5S/c1-31-19-10-12-22(13-11-19)34(29,30)28-24(26-18-7-5-9-21(15-18)33-3)16-23(27-28)25-17-6-4-8-20(14-17)32-2/h4-16,26H,1-3H3,(H,25,27). The van der Waals surface area contributed by atoms with Crippen LogP contribution in [0.4, 0.5) is 23.0 Å². The number of rotatable bonds is 9. The van der Waals surface area contributed by atoms with Crippen LogP contribution in [-0.2, 0) is 10.0 Å². The van der Waals surface area contributed by atoms with E-state index in [1.54, 1.807) is 62.8 Å². The summed E-state index contributed by atoms with van der Waals surface area (Å²) in [6.07, 6.45) is 0. The Labute approximate surface area is 198 Å². The van der Waals surface area contributed by atoms with Gasteiger partial charge in [-0.15, -0.1) is 9.19 Å². The second-order valence-corrected chi connectivity index (χ2v) is 8.92. The highest BCUT2D eigenvalue weighted by molar-refractivity contribution is 7.90. The minimum Gasteiger partial charge on any atom is -0.497 e. The molecule has 0 fully saturated rings. The van der Waals surface area contributed by atoms with E-state index < -0.39 is 10.0 Å². The first kappa shape index (κ1) is 23.0. The molecule has 0 aliphatic rings. The fraction of sp³-hybridized carbons (Fsp3) is 0.125. The molecule has 4 rings (SSSR count). The van der Waals surface area contributed by atoms with Crippen molar-refractivity contribution >= 4 is 33.0 Å². The molecule has 176 valence electrons. The van der Waals surface area contributed by atoms with Gasteiger partial charge >= 0.3 is 0 Å². The molecule has 0 amide bonds. The molecule has 4 aromatic rings. The van der Waals surface area contributed by atoms with Crippen LogP contribution < -0.4 is 24.8 Å². The Kier molecular flexibility index (Phi) is 6.60. The summed E-state index contributed by atoms with van der Waals surface area (Å²) in [6, 6.07) is 22.1. The lowest BCUT2D eigenvalue weighted by molar-refractivity contribution is 0.414. The summed E-state index contributed by atoms with van der Waals surface area (Å²) in [7, 11) is 0.632. The second-order valence-electron chi connectivity index (χ2n) is 7.15. The van der Waals surface area contributed by atoms with Gasteiger partial charge in [-0.1, -0.05) is 12.1 Å². The minimum atomic E-state index is -4.02. The third-order valence-electron chi connectivity index (χ3n) is 4.95. The maximum Gasteiger partial charge on any atom is 0.284 e. The third-order valence-corrected chi connectivity index (χ3v) is 6.55. The van der Waals surface area contributed by atoms with Crippen LogP contribution in [0.3, 0.4) is 0 Å². The summed E-state index contributed by atoms with van der Waals surface area (Å²) in [5.74, 6) is 2.41. The lowest BCUT2D eigenvalue weighted by atomic mass is 10.3. The number of nitrogens with one attached hydrogen (secondary N) is 2. The van der Waals surface area contributed by atoms with Crippen LogP contribution in [0.25, 0.3) is 0 Å². The van der Waals surface area contributed by atoms with Gasteiger partial charge in [0.1, 0.15) is 23.1 Å². The molecule has 0 saturated heterocycles. The number of hydrogen-bond donors (Lipinski definition) is 2. The van der Waals surface area contributed by atoms with Gasteiger partial charge in [0.2, 0.25) is 0 Å². The highest BCUT2D eigenvalue weighted by Crippen LogP contribution is 2.29. The van der Waals surface area contributed by atoms with Gasteiger partial charge in [0, 0.05) is 29.6 Å². The molecule has 2 N–H and O–H groups in total. The minimum absolute atomic E-state index is 0.0676. The molecule has 0 spiro atoms. The van der Waals surface area contributed by atoms with Gasteiger partial charge in [0.05, 0.1) is 26.2 Å². The van der Waals surface area contributed by atoms with Gasteiger partial charge in [-0.3, -0.25) is 0 Å². The zero-order valence-electron chi connectivity index (χ0n) is 18.8. The summed E-state index contributed by atoms with van der Waals surface area (Å²) in [6.45, 7) is 0. The molecular weight excluding hydrogens is 456 g/mol. The molecular formula is C24H24N4O5S. The van der Waals surface area contributed by atoms with Gasteiger partial charge in [0.15, 0.2) is 5.82 Å². The molecule has 0 bridgehead atoms. The molecule has 3 aromatic carbocycles.